The van der Waals surface area contributed by atoms with Gasteiger partial charge in [0.15, 0.2) is 23.8 Å². The van der Waals surface area contributed by atoms with Crippen LogP contribution in [0, 0.1) is 17.8 Å². The smallest absolute Gasteiger partial charge is 0.410 e. The van der Waals surface area contributed by atoms with Crippen molar-refractivity contribution in [1.29, 1.82) is 0 Å². The summed E-state index contributed by atoms with van der Waals surface area (Å²) in [5.41, 5.74) is 6.70. The SMILES string of the molecule is Nc1nc(C#CCC2CCN(C(=O)OC3CCC3)CC2)nc2c1ncn2[C@@H]1O[C@H](C(=O)NC2CC2)[C@@H](O)[C@H]1O. The molecule has 0 unspecified atom stereocenters. The molecule has 2 saturated heterocycles. The summed E-state index contributed by atoms with van der Waals surface area (Å²) in [6.45, 7) is 1.31. The van der Waals surface area contributed by atoms with Gasteiger partial charge in [0.1, 0.15) is 23.8 Å². The minimum absolute atomic E-state index is 0.0870. The number of rotatable bonds is 5. The highest BCUT2D eigenvalue weighted by molar-refractivity contribution is 5.83. The second-order valence-corrected chi connectivity index (χ2v) is 10.8. The van der Waals surface area contributed by atoms with E-state index in [1.54, 1.807) is 4.90 Å². The molecule has 2 amide bonds. The van der Waals surface area contributed by atoms with Gasteiger partial charge in [-0.05, 0) is 56.8 Å². The molecule has 39 heavy (non-hydrogen) atoms. The predicted octanol–water partition coefficient (Wildman–Crippen LogP) is 0.449. The fourth-order valence-electron chi connectivity index (χ4n) is 5.10. The summed E-state index contributed by atoms with van der Waals surface area (Å²) >= 11 is 0. The van der Waals surface area contributed by atoms with Crippen LogP contribution in [0.25, 0.3) is 11.2 Å². The number of amides is 2. The number of carbonyl (C=O) groups is 2. The molecule has 0 aromatic carbocycles. The van der Waals surface area contributed by atoms with E-state index in [4.69, 9.17) is 15.2 Å². The zero-order valence-corrected chi connectivity index (χ0v) is 21.5. The number of fused-ring (bicyclic) bond motifs is 1. The molecule has 208 valence electrons. The van der Waals surface area contributed by atoms with Crippen LogP contribution in [0.15, 0.2) is 6.33 Å². The van der Waals surface area contributed by atoms with E-state index in [1.165, 1.54) is 10.9 Å². The summed E-state index contributed by atoms with van der Waals surface area (Å²) in [5, 5.41) is 23.9. The Morgan fingerprint density at radius 3 is 2.59 bits per heavy atom. The molecule has 4 fully saturated rings. The van der Waals surface area contributed by atoms with E-state index in [0.717, 1.165) is 44.9 Å². The Kier molecular flexibility index (Phi) is 7.01. The van der Waals surface area contributed by atoms with E-state index in [2.05, 4.69) is 32.1 Å². The number of ether oxygens (including phenoxy) is 2. The molecule has 2 aliphatic carbocycles. The summed E-state index contributed by atoms with van der Waals surface area (Å²) in [5.74, 6) is 6.30. The molecule has 0 spiro atoms. The van der Waals surface area contributed by atoms with Gasteiger partial charge in [-0.3, -0.25) is 9.36 Å². The number of piperidine rings is 1. The average Bonchev–Trinajstić information content (AvgIpc) is 3.53. The molecule has 13 heteroatoms. The van der Waals surface area contributed by atoms with Gasteiger partial charge in [0.2, 0.25) is 5.82 Å². The average molecular weight is 540 g/mol. The molecule has 0 bridgehead atoms. The molecule has 2 aromatic heterocycles. The third-order valence-corrected chi connectivity index (χ3v) is 7.93. The van der Waals surface area contributed by atoms with Gasteiger partial charge in [0.25, 0.3) is 5.91 Å². The van der Waals surface area contributed by atoms with Crippen molar-refractivity contribution >= 4 is 29.0 Å². The maximum absolute atomic E-state index is 12.5. The van der Waals surface area contributed by atoms with Gasteiger partial charge in [-0.2, -0.15) is 0 Å². The number of anilines is 1. The summed E-state index contributed by atoms with van der Waals surface area (Å²) in [6, 6.07) is 0.0910. The zero-order chi connectivity index (χ0) is 27.1. The number of nitrogens with two attached hydrogens (primary N) is 1. The Morgan fingerprint density at radius 2 is 1.90 bits per heavy atom. The summed E-state index contributed by atoms with van der Waals surface area (Å²) in [7, 11) is 0. The normalized spacial score (nSPS) is 27.6. The van der Waals surface area contributed by atoms with E-state index < -0.39 is 30.4 Å². The van der Waals surface area contributed by atoms with Gasteiger partial charge in [-0.1, -0.05) is 5.92 Å². The summed E-state index contributed by atoms with van der Waals surface area (Å²) < 4.78 is 12.7. The monoisotopic (exact) mass is 539 g/mol. The minimum Gasteiger partial charge on any atom is -0.446 e. The number of hydrogen-bond donors (Lipinski definition) is 4. The highest BCUT2D eigenvalue weighted by Gasteiger charge is 2.48. The van der Waals surface area contributed by atoms with Gasteiger partial charge in [0.05, 0.1) is 6.33 Å². The van der Waals surface area contributed by atoms with E-state index in [9.17, 15) is 19.8 Å². The van der Waals surface area contributed by atoms with Gasteiger partial charge < -0.3 is 35.6 Å². The van der Waals surface area contributed by atoms with Crippen LogP contribution in [0.4, 0.5) is 10.6 Å². The van der Waals surface area contributed by atoms with Gasteiger partial charge in [-0.15, -0.1) is 0 Å². The number of aliphatic hydroxyl groups excluding tert-OH is 2. The zero-order valence-electron chi connectivity index (χ0n) is 21.5. The molecule has 4 atom stereocenters. The number of nitrogen functional groups attached to an aromatic ring is 1. The standard InChI is InChI=1S/C26H33N7O6/c27-22-18-23(33(13-28-18)25-20(35)19(34)21(39-25)24(36)29-15-7-8-15)31-17(30-22)6-1-3-14-9-11-32(12-10-14)26(37)38-16-4-2-5-16/h13-16,19-21,25,34-35H,2-5,7-12H2,(H,29,36)(H2,27,30,31)/t19-,20+,21-,25+/m0/s1. The Bertz CT molecular complexity index is 1310. The van der Waals surface area contributed by atoms with Crippen molar-refractivity contribution in [2.75, 3.05) is 18.8 Å². The highest BCUT2D eigenvalue weighted by atomic mass is 16.6. The molecule has 6 rings (SSSR count). The molecule has 2 aromatic rings. The Morgan fingerprint density at radius 1 is 1.13 bits per heavy atom. The molecular formula is C26H33N7O6. The van der Waals surface area contributed by atoms with Crippen molar-refractivity contribution in [1.82, 2.24) is 29.7 Å². The predicted molar refractivity (Wildman–Crippen MR) is 137 cm³/mol. The first-order valence-electron chi connectivity index (χ1n) is 13.6. The number of likely N-dealkylation sites (tertiary alicyclic amines) is 1. The Labute approximate surface area is 225 Å². The first kappa shape index (κ1) is 25.8. The van der Waals surface area contributed by atoms with Crippen LogP contribution in [0.3, 0.4) is 0 Å². The molecule has 4 aliphatic rings. The van der Waals surface area contributed by atoms with E-state index in [1.807, 2.05) is 0 Å². The fourth-order valence-corrected chi connectivity index (χ4v) is 5.10. The quantitative estimate of drug-likeness (QED) is 0.390. The van der Waals surface area contributed by atoms with Crippen molar-refractivity contribution in [2.45, 2.75) is 88.1 Å². The van der Waals surface area contributed by atoms with Crippen LogP contribution >= 0.6 is 0 Å². The fraction of sp³-hybridized carbons (Fsp3) is 0.654. The van der Waals surface area contributed by atoms with E-state index in [0.29, 0.717) is 30.9 Å². The minimum atomic E-state index is -1.41. The third kappa shape index (κ3) is 5.36. The van der Waals surface area contributed by atoms with Crippen molar-refractivity contribution in [2.24, 2.45) is 5.92 Å². The van der Waals surface area contributed by atoms with Crippen LogP contribution in [0.5, 0.6) is 0 Å². The van der Waals surface area contributed by atoms with Crippen molar-refractivity contribution in [3.8, 4) is 11.8 Å². The van der Waals surface area contributed by atoms with Gasteiger partial charge >= 0.3 is 6.09 Å². The number of nitrogens with zero attached hydrogens (tertiary/aromatic N) is 5. The molecule has 4 heterocycles. The highest BCUT2D eigenvalue weighted by Crippen LogP contribution is 2.33. The van der Waals surface area contributed by atoms with Crippen LogP contribution in [0.1, 0.15) is 63.4 Å². The summed E-state index contributed by atoms with van der Waals surface area (Å²) in [4.78, 5) is 39.5. The molecule has 5 N–H and O–H groups in total. The first-order chi connectivity index (χ1) is 18.9. The number of imidazole rings is 1. The van der Waals surface area contributed by atoms with Gasteiger partial charge in [0, 0.05) is 25.6 Å². The van der Waals surface area contributed by atoms with Crippen molar-refractivity contribution in [3.63, 3.8) is 0 Å². The lowest BCUT2D eigenvalue weighted by atomic mass is 9.94. The van der Waals surface area contributed by atoms with E-state index >= 15 is 0 Å². The van der Waals surface area contributed by atoms with Crippen LogP contribution in [-0.4, -0.2) is 90.2 Å². The van der Waals surface area contributed by atoms with Gasteiger partial charge in [-0.25, -0.2) is 19.7 Å². The second-order valence-electron chi connectivity index (χ2n) is 10.8. The molecular weight excluding hydrogens is 506 g/mol. The van der Waals surface area contributed by atoms with Crippen LogP contribution in [-0.2, 0) is 14.3 Å². The lowest BCUT2D eigenvalue weighted by Gasteiger charge is -2.33. The second kappa shape index (κ2) is 10.6. The Hall–Kier alpha value is -3.47. The number of carbonyl (C=O) groups excluding carboxylic acids is 2. The number of aliphatic hydroxyl groups is 2. The maximum Gasteiger partial charge on any atom is 0.410 e. The third-order valence-electron chi connectivity index (χ3n) is 7.93. The first-order valence-corrected chi connectivity index (χ1v) is 13.6. The van der Waals surface area contributed by atoms with Crippen molar-refractivity contribution in [3.05, 3.63) is 12.2 Å². The van der Waals surface area contributed by atoms with Crippen LogP contribution < -0.4 is 11.1 Å². The van der Waals surface area contributed by atoms with E-state index in [-0.39, 0.29) is 35.5 Å². The topological polar surface area (TPSA) is 178 Å². The Balaban J connectivity index is 1.10. The summed E-state index contributed by atoms with van der Waals surface area (Å²) in [6.07, 6.45) is 3.33. The lowest BCUT2D eigenvalue weighted by molar-refractivity contribution is -0.137. The molecule has 0 radical (unpaired) electrons. The van der Waals surface area contributed by atoms with Crippen LogP contribution in [0.2, 0.25) is 0 Å². The number of nitrogens with one attached hydrogen (secondary N) is 1. The lowest BCUT2D eigenvalue weighted by Crippen LogP contribution is -2.43. The molecule has 2 saturated carbocycles. The maximum atomic E-state index is 12.5. The number of hydrogen-bond acceptors (Lipinski definition) is 10. The molecule has 13 nitrogen and oxygen atoms in total. The number of aromatic nitrogens is 4. The largest absolute Gasteiger partial charge is 0.446 e. The molecule has 2 aliphatic heterocycles. The van der Waals surface area contributed by atoms with Crippen molar-refractivity contribution < 1.29 is 29.3 Å².